The van der Waals surface area contributed by atoms with E-state index in [0.29, 0.717) is 11.8 Å². The average Bonchev–Trinajstić information content (AvgIpc) is 2.58. The Hall–Kier alpha value is -2.23. The molecule has 1 aliphatic rings. The van der Waals surface area contributed by atoms with Crippen molar-refractivity contribution in [1.29, 1.82) is 0 Å². The highest BCUT2D eigenvalue weighted by atomic mass is 19.1. The molecule has 0 unspecified atom stereocenters. The summed E-state index contributed by atoms with van der Waals surface area (Å²) in [6.07, 6.45) is 9.44. The van der Waals surface area contributed by atoms with E-state index in [9.17, 15) is 9.18 Å². The average molecular weight is 355 g/mol. The summed E-state index contributed by atoms with van der Waals surface area (Å²) in [5.41, 5.74) is 1.57. The first-order chi connectivity index (χ1) is 12.3. The molecule has 26 heavy (non-hydrogen) atoms. The topological polar surface area (TPSA) is 39.2 Å². The molecule has 0 aliphatic heterocycles. The van der Waals surface area contributed by atoms with Crippen molar-refractivity contribution in [3.8, 4) is 0 Å². The summed E-state index contributed by atoms with van der Waals surface area (Å²) in [5, 5.41) is 0.917. The number of pyridine rings is 1. The first-order valence-electron chi connectivity index (χ1n) is 9.27. The lowest BCUT2D eigenvalue weighted by Gasteiger charge is -2.28. The molecule has 0 atom stereocenters. The van der Waals surface area contributed by atoms with Gasteiger partial charge in [-0.2, -0.15) is 0 Å². The third-order valence-corrected chi connectivity index (χ3v) is 4.86. The van der Waals surface area contributed by atoms with E-state index in [1.807, 2.05) is 39.1 Å². The molecule has 1 aromatic heterocycles. The molecule has 0 spiro atoms. The summed E-state index contributed by atoms with van der Waals surface area (Å²) in [6, 6.07) is 6.80. The second-order valence-corrected chi connectivity index (χ2v) is 8.07. The van der Waals surface area contributed by atoms with Gasteiger partial charge in [0.25, 0.3) is 0 Å². The van der Waals surface area contributed by atoms with Crippen LogP contribution in [0.15, 0.2) is 42.6 Å². The molecule has 1 aliphatic carbocycles. The molecule has 0 saturated heterocycles. The van der Waals surface area contributed by atoms with E-state index in [-0.39, 0.29) is 11.8 Å². The standard InChI is InChI=1S/C22H26FNO2/c1-22(2,3)26-21(25)11-6-15-4-7-16(8-5-15)18-12-13-24-20-10-9-17(23)14-19(18)20/h6,9-16H,4-5,7-8H2,1-3H3. The number of hydrogen-bond acceptors (Lipinski definition) is 3. The van der Waals surface area contributed by atoms with Gasteiger partial charge < -0.3 is 4.74 Å². The van der Waals surface area contributed by atoms with Crippen LogP contribution < -0.4 is 0 Å². The number of allylic oxidation sites excluding steroid dienone is 1. The highest BCUT2D eigenvalue weighted by molar-refractivity contribution is 5.83. The zero-order chi connectivity index (χ0) is 18.7. The van der Waals surface area contributed by atoms with Crippen molar-refractivity contribution < 1.29 is 13.9 Å². The third kappa shape index (κ3) is 4.69. The van der Waals surface area contributed by atoms with Gasteiger partial charge in [-0.15, -0.1) is 0 Å². The summed E-state index contributed by atoms with van der Waals surface area (Å²) in [5.74, 6) is 0.299. The van der Waals surface area contributed by atoms with Crippen LogP contribution in [-0.2, 0) is 9.53 Å². The van der Waals surface area contributed by atoms with Gasteiger partial charge in [-0.3, -0.25) is 4.98 Å². The Morgan fingerprint density at radius 1 is 1.19 bits per heavy atom. The SMILES string of the molecule is CC(C)(C)OC(=O)C=CC1CCC(c2ccnc3ccc(F)cc23)CC1. The minimum Gasteiger partial charge on any atom is -0.457 e. The van der Waals surface area contributed by atoms with Crippen molar-refractivity contribution in [2.24, 2.45) is 5.92 Å². The molecule has 1 saturated carbocycles. The van der Waals surface area contributed by atoms with Gasteiger partial charge in [0.1, 0.15) is 11.4 Å². The van der Waals surface area contributed by atoms with Crippen LogP contribution in [0.3, 0.4) is 0 Å². The van der Waals surface area contributed by atoms with Gasteiger partial charge in [0.15, 0.2) is 0 Å². The number of benzene rings is 1. The minimum absolute atomic E-state index is 0.222. The maximum Gasteiger partial charge on any atom is 0.330 e. The van der Waals surface area contributed by atoms with E-state index >= 15 is 0 Å². The number of esters is 1. The van der Waals surface area contributed by atoms with E-state index in [0.717, 1.165) is 36.6 Å². The lowest BCUT2D eigenvalue weighted by atomic mass is 9.78. The molecule has 0 N–H and O–H groups in total. The van der Waals surface area contributed by atoms with E-state index in [1.165, 1.54) is 11.6 Å². The monoisotopic (exact) mass is 355 g/mol. The van der Waals surface area contributed by atoms with Crippen molar-refractivity contribution in [1.82, 2.24) is 4.98 Å². The van der Waals surface area contributed by atoms with Gasteiger partial charge >= 0.3 is 5.97 Å². The van der Waals surface area contributed by atoms with Crippen molar-refractivity contribution >= 4 is 16.9 Å². The maximum atomic E-state index is 13.7. The van der Waals surface area contributed by atoms with Crippen LogP contribution in [-0.4, -0.2) is 16.6 Å². The Bertz CT molecular complexity index is 814. The molecule has 138 valence electrons. The summed E-state index contributed by atoms with van der Waals surface area (Å²) < 4.78 is 19.0. The van der Waals surface area contributed by atoms with Crippen molar-refractivity contribution in [2.75, 3.05) is 0 Å². The Balaban J connectivity index is 1.64. The molecule has 1 aromatic carbocycles. The lowest BCUT2D eigenvalue weighted by Crippen LogP contribution is -2.22. The van der Waals surface area contributed by atoms with Crippen LogP contribution in [0.2, 0.25) is 0 Å². The van der Waals surface area contributed by atoms with Gasteiger partial charge in [-0.25, -0.2) is 9.18 Å². The molecule has 1 heterocycles. The first-order valence-corrected chi connectivity index (χ1v) is 9.27. The molecular formula is C22H26FNO2. The van der Waals surface area contributed by atoms with Crippen LogP contribution in [0.4, 0.5) is 4.39 Å². The normalized spacial score (nSPS) is 21.2. The fraction of sp³-hybridized carbons (Fsp3) is 0.455. The smallest absolute Gasteiger partial charge is 0.330 e. The van der Waals surface area contributed by atoms with Crippen LogP contribution >= 0.6 is 0 Å². The molecule has 3 rings (SSSR count). The highest BCUT2D eigenvalue weighted by Crippen LogP contribution is 2.38. The van der Waals surface area contributed by atoms with Crippen molar-refractivity contribution in [3.63, 3.8) is 0 Å². The molecule has 0 bridgehead atoms. The maximum absolute atomic E-state index is 13.7. The largest absolute Gasteiger partial charge is 0.457 e. The van der Waals surface area contributed by atoms with Gasteiger partial charge in [-0.1, -0.05) is 6.08 Å². The fourth-order valence-electron chi connectivity index (χ4n) is 3.67. The van der Waals surface area contributed by atoms with Gasteiger partial charge in [0.05, 0.1) is 5.52 Å². The zero-order valence-corrected chi connectivity index (χ0v) is 15.7. The number of carbonyl (C=O) groups is 1. The molecule has 4 heteroatoms. The summed E-state index contributed by atoms with van der Waals surface area (Å²) in [7, 11) is 0. The van der Waals surface area contributed by atoms with Gasteiger partial charge in [0.2, 0.25) is 0 Å². The summed E-state index contributed by atoms with van der Waals surface area (Å²) >= 11 is 0. The van der Waals surface area contributed by atoms with E-state index in [4.69, 9.17) is 4.74 Å². The quantitative estimate of drug-likeness (QED) is 0.535. The van der Waals surface area contributed by atoms with Crippen LogP contribution in [0.25, 0.3) is 10.9 Å². The molecule has 0 amide bonds. The summed E-state index contributed by atoms with van der Waals surface area (Å²) in [4.78, 5) is 16.2. The van der Waals surface area contributed by atoms with E-state index in [2.05, 4.69) is 4.98 Å². The van der Waals surface area contributed by atoms with E-state index < -0.39 is 5.60 Å². The number of halogens is 1. The van der Waals surface area contributed by atoms with Crippen LogP contribution in [0.1, 0.15) is 57.9 Å². The van der Waals surface area contributed by atoms with Crippen molar-refractivity contribution in [2.45, 2.75) is 58.0 Å². The number of rotatable bonds is 3. The predicted molar refractivity (Wildman–Crippen MR) is 101 cm³/mol. The van der Waals surface area contributed by atoms with E-state index in [1.54, 1.807) is 18.2 Å². The predicted octanol–water partition coefficient (Wildman–Crippen LogP) is 5.55. The Morgan fingerprint density at radius 2 is 1.92 bits per heavy atom. The van der Waals surface area contributed by atoms with Gasteiger partial charge in [-0.05, 0) is 88.1 Å². The number of carbonyl (C=O) groups excluding carboxylic acids is 1. The Kier molecular flexibility index (Phi) is 5.40. The second-order valence-electron chi connectivity index (χ2n) is 8.07. The zero-order valence-electron chi connectivity index (χ0n) is 15.7. The van der Waals surface area contributed by atoms with Crippen LogP contribution in [0, 0.1) is 11.7 Å². The summed E-state index contributed by atoms with van der Waals surface area (Å²) in [6.45, 7) is 5.60. The molecule has 3 nitrogen and oxygen atoms in total. The number of aromatic nitrogens is 1. The molecule has 2 aromatic rings. The molecule has 1 fully saturated rings. The first kappa shape index (κ1) is 18.6. The Labute approximate surface area is 154 Å². The molecular weight excluding hydrogens is 329 g/mol. The van der Waals surface area contributed by atoms with Gasteiger partial charge in [0, 0.05) is 17.7 Å². The minimum atomic E-state index is -0.462. The number of hydrogen-bond donors (Lipinski definition) is 0. The number of ether oxygens (including phenoxy) is 1. The Morgan fingerprint density at radius 3 is 2.62 bits per heavy atom. The lowest BCUT2D eigenvalue weighted by molar-refractivity contribution is -0.148. The number of nitrogens with zero attached hydrogens (tertiary/aromatic N) is 1. The third-order valence-electron chi connectivity index (χ3n) is 4.86. The fourth-order valence-corrected chi connectivity index (χ4v) is 3.67. The second kappa shape index (κ2) is 7.56. The molecule has 0 radical (unpaired) electrons. The highest BCUT2D eigenvalue weighted by Gasteiger charge is 2.23. The van der Waals surface area contributed by atoms with Crippen LogP contribution in [0.5, 0.6) is 0 Å². The number of fused-ring (bicyclic) bond motifs is 1. The van der Waals surface area contributed by atoms with Crippen molar-refractivity contribution in [3.05, 3.63) is 54.0 Å².